The molecule has 0 fully saturated rings. The summed E-state index contributed by atoms with van der Waals surface area (Å²) in [7, 11) is 1.43. The van der Waals surface area contributed by atoms with E-state index in [4.69, 9.17) is 30.8 Å². The van der Waals surface area contributed by atoms with Crippen LogP contribution in [0.4, 0.5) is 0 Å². The number of carbonyl (C=O) groups excluding carboxylic acids is 1. The number of rotatable bonds is 13. The van der Waals surface area contributed by atoms with E-state index in [0.29, 0.717) is 37.9 Å². The monoisotopic (exact) mass is 702 g/mol. The fourth-order valence-electron chi connectivity index (χ4n) is 6.58. The molecule has 7 rings (SSSR count). The molecule has 4 aromatic carbocycles. The molecule has 3 heterocycles. The molecule has 0 radical (unpaired) electrons. The first-order valence-corrected chi connectivity index (χ1v) is 18.2. The summed E-state index contributed by atoms with van der Waals surface area (Å²) in [5.41, 5.74) is 8.87. The number of nitrogens with zero attached hydrogens (tertiary/aromatic N) is 2. The third-order valence-corrected chi connectivity index (χ3v) is 10.6. The minimum absolute atomic E-state index is 0.197. The van der Waals surface area contributed by atoms with Crippen LogP contribution in [0.25, 0.3) is 22.0 Å². The minimum atomic E-state index is -0.197. The molecule has 0 saturated carbocycles. The van der Waals surface area contributed by atoms with Crippen molar-refractivity contribution in [3.8, 4) is 22.6 Å². The van der Waals surface area contributed by atoms with Gasteiger partial charge in [-0.05, 0) is 72.4 Å². The summed E-state index contributed by atoms with van der Waals surface area (Å²) in [5, 5.41) is 2.31. The molecule has 8 heteroatoms. The number of thioether (sulfide) groups is 1. The summed E-state index contributed by atoms with van der Waals surface area (Å²) in [6.07, 6.45) is 4.62. The van der Waals surface area contributed by atoms with Crippen LogP contribution in [-0.4, -0.2) is 27.9 Å². The normalized spacial score (nSPS) is 13.7. The average molecular weight is 703 g/mol. The number of hydrogen-bond donors (Lipinski definition) is 0. The molecule has 1 atom stereocenters. The Morgan fingerprint density at radius 3 is 2.44 bits per heavy atom. The van der Waals surface area contributed by atoms with Crippen molar-refractivity contribution in [3.05, 3.63) is 142 Å². The summed E-state index contributed by atoms with van der Waals surface area (Å²) in [5.74, 6) is 1.53. The highest BCUT2D eigenvalue weighted by molar-refractivity contribution is 8.00. The van der Waals surface area contributed by atoms with Gasteiger partial charge in [0.25, 0.3) is 0 Å². The SMILES string of the molecule is COC(=O)CCCc1ccccc1OCc1c2c3c(c(OCc4ccc(-c5ccccc5)cn4)ccc3n1Cc1ccc(Cl)cc1)CC(C)S2. The van der Waals surface area contributed by atoms with Crippen molar-refractivity contribution < 1.29 is 19.0 Å². The van der Waals surface area contributed by atoms with Crippen LogP contribution < -0.4 is 9.47 Å². The molecule has 50 heavy (non-hydrogen) atoms. The van der Waals surface area contributed by atoms with Gasteiger partial charge in [-0.1, -0.05) is 85.3 Å². The third-order valence-electron chi connectivity index (χ3n) is 9.12. The molecule has 0 spiro atoms. The van der Waals surface area contributed by atoms with Gasteiger partial charge in [0.1, 0.15) is 24.7 Å². The van der Waals surface area contributed by atoms with Crippen LogP contribution in [0.1, 0.15) is 47.8 Å². The Balaban J connectivity index is 1.20. The Bertz CT molecular complexity index is 2100. The van der Waals surface area contributed by atoms with Crippen LogP contribution in [0.2, 0.25) is 5.02 Å². The standard InChI is InChI=1S/C42H39ClN2O4S/c1-28-23-35-39(48-26-34-20-17-32(24-44-34)30-9-4-3-5-10-30)22-21-36-41(35)42(50-28)37(45(36)25-29-15-18-33(43)19-16-29)27-49-38-13-7-6-11-31(38)12-8-14-40(46)47-2/h3-7,9-11,13,15-22,24,28H,8,12,14,23,25-27H2,1-2H3. The van der Waals surface area contributed by atoms with Crippen LogP contribution in [0, 0.1) is 0 Å². The van der Waals surface area contributed by atoms with E-state index >= 15 is 0 Å². The van der Waals surface area contributed by atoms with Gasteiger partial charge in [-0.3, -0.25) is 9.78 Å². The van der Waals surface area contributed by atoms with Crippen LogP contribution in [0.5, 0.6) is 11.5 Å². The highest BCUT2D eigenvalue weighted by atomic mass is 35.5. The molecule has 1 aliphatic rings. The van der Waals surface area contributed by atoms with Crippen molar-refractivity contribution >= 4 is 40.2 Å². The first-order chi connectivity index (χ1) is 24.5. The zero-order valence-electron chi connectivity index (χ0n) is 28.2. The lowest BCUT2D eigenvalue weighted by atomic mass is 10.0. The van der Waals surface area contributed by atoms with Gasteiger partial charge >= 0.3 is 5.97 Å². The number of esters is 1. The predicted octanol–water partition coefficient (Wildman–Crippen LogP) is 10.1. The third kappa shape index (κ3) is 7.54. The molecule has 0 aliphatic carbocycles. The number of benzene rings is 4. The second-order valence-electron chi connectivity index (χ2n) is 12.6. The summed E-state index contributed by atoms with van der Waals surface area (Å²) >= 11 is 8.16. The Kier molecular flexibility index (Phi) is 10.4. The van der Waals surface area contributed by atoms with Gasteiger partial charge in [-0.15, -0.1) is 11.8 Å². The van der Waals surface area contributed by atoms with Gasteiger partial charge in [0.15, 0.2) is 0 Å². The van der Waals surface area contributed by atoms with E-state index in [1.54, 1.807) is 0 Å². The van der Waals surface area contributed by atoms with E-state index in [0.717, 1.165) is 68.5 Å². The topological polar surface area (TPSA) is 62.6 Å². The highest BCUT2D eigenvalue weighted by Gasteiger charge is 2.29. The van der Waals surface area contributed by atoms with E-state index in [1.165, 1.54) is 23.0 Å². The van der Waals surface area contributed by atoms with Crippen molar-refractivity contribution in [2.24, 2.45) is 0 Å². The Morgan fingerprint density at radius 2 is 1.66 bits per heavy atom. The zero-order valence-corrected chi connectivity index (χ0v) is 29.8. The largest absolute Gasteiger partial charge is 0.487 e. The molecule has 1 unspecified atom stereocenters. The van der Waals surface area contributed by atoms with Crippen molar-refractivity contribution in [2.75, 3.05) is 7.11 Å². The van der Waals surface area contributed by atoms with E-state index in [9.17, 15) is 4.79 Å². The lowest BCUT2D eigenvalue weighted by Gasteiger charge is -2.22. The number of methoxy groups -OCH3 is 1. The van der Waals surface area contributed by atoms with Crippen LogP contribution in [0.3, 0.4) is 0 Å². The average Bonchev–Trinajstić information content (AvgIpc) is 3.44. The van der Waals surface area contributed by atoms with Gasteiger partial charge in [0, 0.05) is 50.8 Å². The molecule has 6 aromatic rings. The minimum Gasteiger partial charge on any atom is -0.487 e. The van der Waals surface area contributed by atoms with Crippen molar-refractivity contribution in [1.82, 2.24) is 9.55 Å². The van der Waals surface area contributed by atoms with Gasteiger partial charge in [0.2, 0.25) is 0 Å². The number of halogens is 1. The molecular weight excluding hydrogens is 664 g/mol. The Labute approximate surface area is 302 Å². The Hall–Kier alpha value is -4.72. The predicted molar refractivity (Wildman–Crippen MR) is 201 cm³/mol. The zero-order chi connectivity index (χ0) is 34.5. The number of hydrogen-bond acceptors (Lipinski definition) is 6. The molecule has 1 aliphatic heterocycles. The number of carbonyl (C=O) groups is 1. The van der Waals surface area contributed by atoms with Crippen LogP contribution in [-0.2, 0) is 42.1 Å². The molecule has 0 N–H and O–H groups in total. The number of pyridine rings is 1. The van der Waals surface area contributed by atoms with Crippen LogP contribution >= 0.6 is 23.4 Å². The second-order valence-corrected chi connectivity index (χ2v) is 14.5. The number of para-hydroxylation sites is 1. The van der Waals surface area contributed by atoms with Crippen molar-refractivity contribution in [1.29, 1.82) is 0 Å². The van der Waals surface area contributed by atoms with Gasteiger partial charge < -0.3 is 18.8 Å². The maximum atomic E-state index is 11.7. The molecular formula is C42H39ClN2O4S. The molecule has 254 valence electrons. The van der Waals surface area contributed by atoms with E-state index in [2.05, 4.69) is 60.0 Å². The van der Waals surface area contributed by atoms with Gasteiger partial charge in [-0.25, -0.2) is 0 Å². The number of aryl methyl sites for hydroxylation is 1. The number of ether oxygens (including phenoxy) is 3. The quantitative estimate of drug-likeness (QED) is 0.112. The maximum Gasteiger partial charge on any atom is 0.305 e. The lowest BCUT2D eigenvalue weighted by Crippen LogP contribution is -2.11. The lowest BCUT2D eigenvalue weighted by molar-refractivity contribution is -0.140. The Morgan fingerprint density at radius 1 is 0.880 bits per heavy atom. The smallest absolute Gasteiger partial charge is 0.305 e. The number of aromatic nitrogens is 2. The van der Waals surface area contributed by atoms with E-state index in [1.807, 2.05) is 72.6 Å². The first-order valence-electron chi connectivity index (χ1n) is 17.0. The maximum absolute atomic E-state index is 11.7. The summed E-state index contributed by atoms with van der Waals surface area (Å²) in [6.45, 7) is 3.74. The molecule has 0 bridgehead atoms. The van der Waals surface area contributed by atoms with E-state index in [-0.39, 0.29) is 5.97 Å². The van der Waals surface area contributed by atoms with Gasteiger partial charge in [-0.2, -0.15) is 0 Å². The molecule has 2 aromatic heterocycles. The fourth-order valence-corrected chi connectivity index (χ4v) is 8.01. The first kappa shape index (κ1) is 33.8. The highest BCUT2D eigenvalue weighted by Crippen LogP contribution is 2.47. The van der Waals surface area contributed by atoms with E-state index < -0.39 is 0 Å². The van der Waals surface area contributed by atoms with Crippen LogP contribution in [0.15, 0.2) is 114 Å². The summed E-state index contributed by atoms with van der Waals surface area (Å²) < 4.78 is 20.4. The van der Waals surface area contributed by atoms with Crippen molar-refractivity contribution in [2.45, 2.75) is 62.5 Å². The summed E-state index contributed by atoms with van der Waals surface area (Å²) in [4.78, 5) is 17.7. The summed E-state index contributed by atoms with van der Waals surface area (Å²) in [6, 6.07) is 34.9. The molecule has 6 nitrogen and oxygen atoms in total. The van der Waals surface area contributed by atoms with Gasteiger partial charge in [0.05, 0.1) is 24.0 Å². The fraction of sp³-hybridized carbons (Fsp3) is 0.238. The molecule has 0 amide bonds. The molecule has 0 saturated heterocycles. The van der Waals surface area contributed by atoms with Crippen molar-refractivity contribution in [3.63, 3.8) is 0 Å². The second kappa shape index (κ2) is 15.4.